The lowest BCUT2D eigenvalue weighted by atomic mass is 10.2. The second kappa shape index (κ2) is 7.06. The number of ether oxygens (including phenoxy) is 2. The van der Waals surface area contributed by atoms with Crippen molar-refractivity contribution in [1.82, 2.24) is 14.6 Å². The number of para-hydroxylation sites is 1. The van der Waals surface area contributed by atoms with Gasteiger partial charge in [-0.15, -0.1) is 5.10 Å². The number of hydrogen-bond donors (Lipinski definition) is 1. The fraction of sp³-hybridized carbons (Fsp3) is 0.263. The maximum absolute atomic E-state index is 12.1. The van der Waals surface area contributed by atoms with Crippen LogP contribution >= 0.6 is 0 Å². The van der Waals surface area contributed by atoms with E-state index in [0.717, 1.165) is 12.8 Å². The van der Waals surface area contributed by atoms with Gasteiger partial charge >= 0.3 is 5.97 Å². The van der Waals surface area contributed by atoms with Gasteiger partial charge in [0.1, 0.15) is 11.3 Å². The molecule has 3 aromatic rings. The lowest BCUT2D eigenvalue weighted by Gasteiger charge is -2.09. The van der Waals surface area contributed by atoms with Crippen molar-refractivity contribution in [3.05, 3.63) is 48.2 Å². The number of rotatable bonds is 6. The summed E-state index contributed by atoms with van der Waals surface area (Å²) in [4.78, 5) is 28.2. The molecule has 0 saturated heterocycles. The quantitative estimate of drug-likeness (QED) is 0.674. The first-order valence-corrected chi connectivity index (χ1v) is 8.75. The van der Waals surface area contributed by atoms with Crippen LogP contribution in [0, 0.1) is 5.92 Å². The summed E-state index contributed by atoms with van der Waals surface area (Å²) in [6, 6.07) is 10.2. The molecule has 8 nitrogen and oxygen atoms in total. The van der Waals surface area contributed by atoms with Gasteiger partial charge in [0.15, 0.2) is 11.5 Å². The van der Waals surface area contributed by atoms with E-state index in [9.17, 15) is 9.59 Å². The molecule has 0 spiro atoms. The van der Waals surface area contributed by atoms with Crippen molar-refractivity contribution in [2.75, 3.05) is 11.9 Å². The Bertz CT molecular complexity index is 1010. The fourth-order valence-corrected chi connectivity index (χ4v) is 2.60. The highest BCUT2D eigenvalue weighted by atomic mass is 16.5. The molecule has 1 aliphatic rings. The third-order valence-electron chi connectivity index (χ3n) is 4.09. The zero-order valence-corrected chi connectivity index (χ0v) is 14.7. The van der Waals surface area contributed by atoms with Crippen molar-refractivity contribution >= 4 is 23.3 Å². The molecule has 1 amide bonds. The molecule has 1 aliphatic carbocycles. The highest BCUT2D eigenvalue weighted by Gasteiger charge is 2.30. The number of nitrogens with one attached hydrogen (secondary N) is 1. The molecule has 0 aliphatic heterocycles. The molecule has 1 saturated carbocycles. The second-order valence-corrected chi connectivity index (χ2v) is 6.18. The third kappa shape index (κ3) is 3.74. The first kappa shape index (κ1) is 17.0. The predicted molar refractivity (Wildman–Crippen MR) is 96.8 cm³/mol. The Labute approximate surface area is 155 Å². The maximum Gasteiger partial charge on any atom is 0.341 e. The molecule has 2 heterocycles. The molecule has 1 aromatic carbocycles. The smallest absolute Gasteiger partial charge is 0.341 e. The molecular weight excluding hydrogens is 348 g/mol. The van der Waals surface area contributed by atoms with E-state index in [-0.39, 0.29) is 24.3 Å². The summed E-state index contributed by atoms with van der Waals surface area (Å²) in [7, 11) is 0. The summed E-state index contributed by atoms with van der Waals surface area (Å²) in [6.07, 6.45) is 3.48. The van der Waals surface area contributed by atoms with Crippen LogP contribution < -0.4 is 10.1 Å². The number of carbonyl (C=O) groups is 2. The van der Waals surface area contributed by atoms with Gasteiger partial charge in [-0.25, -0.2) is 14.3 Å². The van der Waals surface area contributed by atoms with Gasteiger partial charge in [0, 0.05) is 12.0 Å². The summed E-state index contributed by atoms with van der Waals surface area (Å²) < 4.78 is 12.3. The first-order valence-electron chi connectivity index (χ1n) is 8.75. The molecule has 0 radical (unpaired) electrons. The van der Waals surface area contributed by atoms with Crippen molar-refractivity contribution in [2.45, 2.75) is 19.8 Å². The molecule has 2 aromatic heterocycles. The Morgan fingerprint density at radius 3 is 2.81 bits per heavy atom. The second-order valence-electron chi connectivity index (χ2n) is 6.18. The molecule has 0 atom stereocenters. The van der Waals surface area contributed by atoms with Gasteiger partial charge < -0.3 is 14.8 Å². The fourth-order valence-electron chi connectivity index (χ4n) is 2.60. The van der Waals surface area contributed by atoms with Gasteiger partial charge in [0.05, 0.1) is 12.8 Å². The Balaban J connectivity index is 1.56. The van der Waals surface area contributed by atoms with Crippen LogP contribution in [0.15, 0.2) is 42.6 Å². The normalized spacial score (nSPS) is 13.4. The maximum atomic E-state index is 12.1. The summed E-state index contributed by atoms with van der Waals surface area (Å²) in [5.74, 6) is 0.714. The Morgan fingerprint density at radius 2 is 2.04 bits per heavy atom. The van der Waals surface area contributed by atoms with Gasteiger partial charge in [-0.1, -0.05) is 12.1 Å². The van der Waals surface area contributed by atoms with Crippen LogP contribution in [0.25, 0.3) is 5.65 Å². The number of hydrogen-bond acceptors (Lipinski definition) is 6. The minimum atomic E-state index is -0.457. The molecule has 1 N–H and O–H groups in total. The predicted octanol–water partition coefficient (Wildman–Crippen LogP) is 3.05. The number of nitrogens with zero attached hydrogens (tertiary/aromatic N) is 3. The average molecular weight is 366 g/mol. The van der Waals surface area contributed by atoms with Gasteiger partial charge in [0.2, 0.25) is 11.8 Å². The molecule has 0 bridgehead atoms. The molecule has 1 fully saturated rings. The van der Waals surface area contributed by atoms with Crippen molar-refractivity contribution in [3.63, 3.8) is 0 Å². The van der Waals surface area contributed by atoms with Gasteiger partial charge in [0.25, 0.3) is 0 Å². The summed E-state index contributed by atoms with van der Waals surface area (Å²) in [5.41, 5.74) is 0.899. The Hall–Kier alpha value is -3.42. The lowest BCUT2D eigenvalue weighted by Crippen LogP contribution is -2.13. The number of imidazole rings is 1. The van der Waals surface area contributed by atoms with Crippen LogP contribution in [0.3, 0.4) is 0 Å². The molecule has 4 rings (SSSR count). The summed E-state index contributed by atoms with van der Waals surface area (Å²) in [6.45, 7) is 2.03. The van der Waals surface area contributed by atoms with Crippen LogP contribution in [0.4, 0.5) is 5.82 Å². The van der Waals surface area contributed by atoms with E-state index in [2.05, 4.69) is 15.4 Å². The lowest BCUT2D eigenvalue weighted by molar-refractivity contribution is -0.117. The Morgan fingerprint density at radius 1 is 1.22 bits per heavy atom. The molecule has 8 heteroatoms. The van der Waals surface area contributed by atoms with E-state index in [4.69, 9.17) is 9.47 Å². The number of carbonyl (C=O) groups excluding carboxylic acids is 2. The zero-order valence-electron chi connectivity index (χ0n) is 14.7. The topological polar surface area (TPSA) is 94.8 Å². The van der Waals surface area contributed by atoms with E-state index in [0.29, 0.717) is 22.8 Å². The molecule has 0 unspecified atom stereocenters. The van der Waals surface area contributed by atoms with Crippen molar-refractivity contribution in [2.24, 2.45) is 5.92 Å². The summed E-state index contributed by atoms with van der Waals surface area (Å²) >= 11 is 0. The number of esters is 1. The summed E-state index contributed by atoms with van der Waals surface area (Å²) in [5, 5.41) is 7.12. The van der Waals surface area contributed by atoms with Crippen molar-refractivity contribution < 1.29 is 19.1 Å². The van der Waals surface area contributed by atoms with Gasteiger partial charge in [-0.3, -0.25) is 4.79 Å². The zero-order chi connectivity index (χ0) is 18.8. The van der Waals surface area contributed by atoms with E-state index in [1.165, 1.54) is 4.52 Å². The molecular formula is C19H18N4O4. The van der Waals surface area contributed by atoms with Gasteiger partial charge in [-0.2, -0.15) is 0 Å². The number of amides is 1. The number of benzene rings is 1. The van der Waals surface area contributed by atoms with Crippen LogP contribution in [-0.4, -0.2) is 33.1 Å². The minimum Gasteiger partial charge on any atom is -0.462 e. The highest BCUT2D eigenvalue weighted by Crippen LogP contribution is 2.30. The SMILES string of the molecule is CCOC(=O)c1ccccc1Oc1ccc2nc(NC(=O)C3CC3)cn2n1. The third-order valence-corrected chi connectivity index (χ3v) is 4.09. The molecule has 27 heavy (non-hydrogen) atoms. The minimum absolute atomic E-state index is 0.0155. The van der Waals surface area contributed by atoms with E-state index >= 15 is 0 Å². The van der Waals surface area contributed by atoms with Crippen LogP contribution in [-0.2, 0) is 9.53 Å². The monoisotopic (exact) mass is 366 g/mol. The Kier molecular flexibility index (Phi) is 4.45. The first-order chi connectivity index (χ1) is 13.1. The molecule has 138 valence electrons. The van der Waals surface area contributed by atoms with E-state index in [1.54, 1.807) is 49.5 Å². The van der Waals surface area contributed by atoms with Crippen LogP contribution in [0.2, 0.25) is 0 Å². The van der Waals surface area contributed by atoms with E-state index < -0.39 is 5.97 Å². The number of fused-ring (bicyclic) bond motifs is 1. The highest BCUT2D eigenvalue weighted by molar-refractivity contribution is 5.93. The number of anilines is 1. The van der Waals surface area contributed by atoms with Crippen molar-refractivity contribution in [1.29, 1.82) is 0 Å². The van der Waals surface area contributed by atoms with Crippen LogP contribution in [0.5, 0.6) is 11.6 Å². The standard InChI is InChI=1S/C19H18N4O4/c1-2-26-19(25)13-5-3-4-6-14(13)27-17-10-9-16-20-15(11-23(16)22-17)21-18(24)12-7-8-12/h3-6,9-12H,2,7-8H2,1H3,(H,21,24). The van der Waals surface area contributed by atoms with Crippen LogP contribution in [0.1, 0.15) is 30.1 Å². The average Bonchev–Trinajstić information content (AvgIpc) is 3.43. The van der Waals surface area contributed by atoms with Gasteiger partial charge in [-0.05, 0) is 38.0 Å². The van der Waals surface area contributed by atoms with Crippen molar-refractivity contribution in [3.8, 4) is 11.6 Å². The number of aromatic nitrogens is 3. The van der Waals surface area contributed by atoms with E-state index in [1.807, 2.05) is 0 Å². The largest absolute Gasteiger partial charge is 0.462 e.